The van der Waals surface area contributed by atoms with E-state index in [1.165, 1.54) is 5.56 Å². The SMILES string of the molecule is CCCNC(c1ccsc1)c1c(Cl)cccc1Cl. The van der Waals surface area contributed by atoms with Crippen molar-refractivity contribution in [3.05, 3.63) is 56.2 Å². The van der Waals surface area contributed by atoms with Gasteiger partial charge < -0.3 is 5.32 Å². The van der Waals surface area contributed by atoms with E-state index in [1.807, 2.05) is 18.2 Å². The molecule has 0 aliphatic rings. The summed E-state index contributed by atoms with van der Waals surface area (Å²) in [4.78, 5) is 0. The molecule has 2 aromatic rings. The third-order valence-electron chi connectivity index (χ3n) is 2.76. The third kappa shape index (κ3) is 3.07. The molecule has 1 heterocycles. The Labute approximate surface area is 122 Å². The number of thiophene rings is 1. The van der Waals surface area contributed by atoms with E-state index in [-0.39, 0.29) is 6.04 Å². The molecule has 0 aliphatic carbocycles. The molecule has 2 rings (SSSR count). The van der Waals surface area contributed by atoms with Crippen LogP contribution in [0.3, 0.4) is 0 Å². The first-order chi connectivity index (χ1) is 8.74. The van der Waals surface area contributed by atoms with Gasteiger partial charge in [0.2, 0.25) is 0 Å². The van der Waals surface area contributed by atoms with E-state index < -0.39 is 0 Å². The maximum absolute atomic E-state index is 6.30. The lowest BCUT2D eigenvalue weighted by atomic mass is 10.0. The molecule has 0 bridgehead atoms. The van der Waals surface area contributed by atoms with Crippen LogP contribution in [-0.4, -0.2) is 6.54 Å². The zero-order valence-corrected chi connectivity index (χ0v) is 12.4. The molecule has 0 radical (unpaired) electrons. The molecular formula is C14H15Cl2NS. The molecule has 1 aromatic carbocycles. The molecule has 0 fully saturated rings. The first-order valence-corrected chi connectivity index (χ1v) is 7.63. The molecule has 0 spiro atoms. The fraction of sp³-hybridized carbons (Fsp3) is 0.286. The summed E-state index contributed by atoms with van der Waals surface area (Å²) >= 11 is 14.3. The summed E-state index contributed by atoms with van der Waals surface area (Å²) < 4.78 is 0. The van der Waals surface area contributed by atoms with Crippen molar-refractivity contribution in [3.63, 3.8) is 0 Å². The number of benzene rings is 1. The van der Waals surface area contributed by atoms with Crippen LogP contribution in [0.5, 0.6) is 0 Å². The average Bonchev–Trinajstić information content (AvgIpc) is 2.86. The van der Waals surface area contributed by atoms with Crippen molar-refractivity contribution in [2.45, 2.75) is 19.4 Å². The number of rotatable bonds is 5. The largest absolute Gasteiger partial charge is 0.306 e. The Bertz CT molecular complexity index is 476. The van der Waals surface area contributed by atoms with Gasteiger partial charge in [-0.05, 0) is 47.5 Å². The molecule has 0 aliphatic heterocycles. The Morgan fingerprint density at radius 3 is 2.50 bits per heavy atom. The van der Waals surface area contributed by atoms with Crippen LogP contribution in [-0.2, 0) is 0 Å². The highest BCUT2D eigenvalue weighted by atomic mass is 35.5. The van der Waals surface area contributed by atoms with Crippen molar-refractivity contribution in [2.24, 2.45) is 0 Å². The summed E-state index contributed by atoms with van der Waals surface area (Å²) in [6, 6.07) is 7.82. The van der Waals surface area contributed by atoms with Gasteiger partial charge in [-0.1, -0.05) is 36.2 Å². The molecule has 4 heteroatoms. The van der Waals surface area contributed by atoms with E-state index in [9.17, 15) is 0 Å². The summed E-state index contributed by atoms with van der Waals surface area (Å²) in [6.45, 7) is 3.08. The maximum atomic E-state index is 6.30. The summed E-state index contributed by atoms with van der Waals surface area (Å²) in [5.41, 5.74) is 2.18. The fourth-order valence-corrected chi connectivity index (χ4v) is 3.20. The van der Waals surface area contributed by atoms with Gasteiger partial charge in [0, 0.05) is 15.6 Å². The van der Waals surface area contributed by atoms with Gasteiger partial charge in [0.1, 0.15) is 0 Å². The molecule has 0 amide bonds. The van der Waals surface area contributed by atoms with Gasteiger partial charge in [-0.25, -0.2) is 0 Å². The monoisotopic (exact) mass is 299 g/mol. The van der Waals surface area contributed by atoms with Gasteiger partial charge in [-0.2, -0.15) is 11.3 Å². The van der Waals surface area contributed by atoms with E-state index in [0.29, 0.717) is 10.0 Å². The number of hydrogen-bond donors (Lipinski definition) is 1. The fourth-order valence-electron chi connectivity index (χ4n) is 1.90. The van der Waals surface area contributed by atoms with Crippen molar-refractivity contribution in [1.29, 1.82) is 0 Å². The van der Waals surface area contributed by atoms with Crippen LogP contribution >= 0.6 is 34.5 Å². The predicted octanol–water partition coefficient (Wildman–Crippen LogP) is 5.14. The van der Waals surface area contributed by atoms with Gasteiger partial charge in [-0.3, -0.25) is 0 Å². The molecule has 0 saturated heterocycles. The average molecular weight is 300 g/mol. The minimum atomic E-state index is 0.0670. The van der Waals surface area contributed by atoms with Gasteiger partial charge in [0.05, 0.1) is 6.04 Å². The lowest BCUT2D eigenvalue weighted by Crippen LogP contribution is -2.23. The van der Waals surface area contributed by atoms with E-state index >= 15 is 0 Å². The van der Waals surface area contributed by atoms with Crippen molar-refractivity contribution in [3.8, 4) is 0 Å². The van der Waals surface area contributed by atoms with Crippen LogP contribution < -0.4 is 5.32 Å². The second-order valence-electron chi connectivity index (χ2n) is 4.08. The van der Waals surface area contributed by atoms with Crippen molar-refractivity contribution in [1.82, 2.24) is 5.32 Å². The Morgan fingerprint density at radius 2 is 1.94 bits per heavy atom. The Balaban J connectivity index is 2.40. The number of halogens is 2. The van der Waals surface area contributed by atoms with Gasteiger partial charge in [0.15, 0.2) is 0 Å². The van der Waals surface area contributed by atoms with Gasteiger partial charge in [-0.15, -0.1) is 0 Å². The minimum absolute atomic E-state index is 0.0670. The lowest BCUT2D eigenvalue weighted by molar-refractivity contribution is 0.600. The number of nitrogens with one attached hydrogen (secondary N) is 1. The Hall–Kier alpha value is -0.540. The minimum Gasteiger partial charge on any atom is -0.306 e. The summed E-state index contributed by atoms with van der Waals surface area (Å²) in [5.74, 6) is 0. The maximum Gasteiger partial charge on any atom is 0.0614 e. The smallest absolute Gasteiger partial charge is 0.0614 e. The van der Waals surface area contributed by atoms with Crippen LogP contribution in [0.4, 0.5) is 0 Å². The molecular weight excluding hydrogens is 285 g/mol. The van der Waals surface area contributed by atoms with Gasteiger partial charge >= 0.3 is 0 Å². The van der Waals surface area contributed by atoms with Crippen LogP contribution in [0.1, 0.15) is 30.5 Å². The first-order valence-electron chi connectivity index (χ1n) is 5.93. The molecule has 1 unspecified atom stereocenters. The highest BCUT2D eigenvalue weighted by Gasteiger charge is 2.19. The second kappa shape index (κ2) is 6.58. The van der Waals surface area contributed by atoms with Gasteiger partial charge in [0.25, 0.3) is 0 Å². The standard InChI is InChI=1S/C14H15Cl2NS/c1-2-7-17-14(10-6-8-18-9-10)13-11(15)4-3-5-12(13)16/h3-6,8-9,14,17H,2,7H2,1H3. The zero-order valence-electron chi connectivity index (χ0n) is 10.1. The molecule has 1 nitrogen and oxygen atoms in total. The van der Waals surface area contributed by atoms with Crippen LogP contribution in [0.25, 0.3) is 0 Å². The predicted molar refractivity (Wildman–Crippen MR) is 80.9 cm³/mol. The first kappa shape index (κ1) is 13.9. The Kier molecular flexibility index (Phi) is 5.07. The van der Waals surface area contributed by atoms with E-state index in [4.69, 9.17) is 23.2 Å². The van der Waals surface area contributed by atoms with Crippen molar-refractivity contribution < 1.29 is 0 Å². The molecule has 96 valence electrons. The molecule has 1 aromatic heterocycles. The second-order valence-corrected chi connectivity index (χ2v) is 5.67. The van der Waals surface area contributed by atoms with Crippen LogP contribution in [0, 0.1) is 0 Å². The van der Waals surface area contributed by atoms with Crippen molar-refractivity contribution >= 4 is 34.5 Å². The lowest BCUT2D eigenvalue weighted by Gasteiger charge is -2.20. The van der Waals surface area contributed by atoms with E-state index in [1.54, 1.807) is 11.3 Å². The number of hydrogen-bond acceptors (Lipinski definition) is 2. The third-order valence-corrected chi connectivity index (χ3v) is 4.12. The van der Waals surface area contributed by atoms with Crippen LogP contribution in [0.2, 0.25) is 10.0 Å². The van der Waals surface area contributed by atoms with Crippen LogP contribution in [0.15, 0.2) is 35.0 Å². The summed E-state index contributed by atoms with van der Waals surface area (Å²) in [5, 5.41) is 9.13. The summed E-state index contributed by atoms with van der Waals surface area (Å²) in [7, 11) is 0. The highest BCUT2D eigenvalue weighted by molar-refractivity contribution is 7.08. The summed E-state index contributed by atoms with van der Waals surface area (Å²) in [6.07, 6.45) is 1.07. The molecule has 1 N–H and O–H groups in total. The Morgan fingerprint density at radius 1 is 1.22 bits per heavy atom. The quantitative estimate of drug-likeness (QED) is 0.805. The van der Waals surface area contributed by atoms with E-state index in [2.05, 4.69) is 29.1 Å². The molecule has 1 atom stereocenters. The zero-order chi connectivity index (χ0) is 13.0. The highest BCUT2D eigenvalue weighted by Crippen LogP contribution is 2.34. The topological polar surface area (TPSA) is 12.0 Å². The van der Waals surface area contributed by atoms with Crippen molar-refractivity contribution in [2.75, 3.05) is 6.54 Å². The van der Waals surface area contributed by atoms with E-state index in [0.717, 1.165) is 18.5 Å². The molecule has 18 heavy (non-hydrogen) atoms. The normalized spacial score (nSPS) is 12.6. The molecule has 0 saturated carbocycles.